The molecule has 0 amide bonds. The second-order valence-electron chi connectivity index (χ2n) is 4.45. The molecular formula is C11H19NO3. The van der Waals surface area contributed by atoms with Crippen molar-refractivity contribution >= 4 is 5.97 Å². The number of rotatable bonds is 2. The van der Waals surface area contributed by atoms with Crippen LogP contribution in [0.15, 0.2) is 0 Å². The molecule has 0 spiro atoms. The van der Waals surface area contributed by atoms with Crippen LogP contribution in [0.3, 0.4) is 0 Å². The van der Waals surface area contributed by atoms with Gasteiger partial charge in [-0.2, -0.15) is 0 Å². The van der Waals surface area contributed by atoms with Crippen LogP contribution in [-0.2, 0) is 14.3 Å². The quantitative estimate of drug-likeness (QED) is 0.636. The van der Waals surface area contributed by atoms with Crippen molar-refractivity contribution in [2.75, 3.05) is 20.2 Å². The van der Waals surface area contributed by atoms with Crippen LogP contribution in [0.4, 0.5) is 0 Å². The minimum absolute atomic E-state index is 0.0312. The summed E-state index contributed by atoms with van der Waals surface area (Å²) in [6.07, 6.45) is 3.44. The van der Waals surface area contributed by atoms with Gasteiger partial charge in [-0.25, -0.2) is 0 Å². The van der Waals surface area contributed by atoms with Crippen molar-refractivity contribution in [3.05, 3.63) is 0 Å². The number of esters is 1. The van der Waals surface area contributed by atoms with Crippen molar-refractivity contribution in [2.45, 2.75) is 44.4 Å². The van der Waals surface area contributed by atoms with Crippen molar-refractivity contribution in [1.82, 2.24) is 4.90 Å². The molecule has 2 saturated heterocycles. The molecule has 3 atom stereocenters. The molecule has 2 heterocycles. The van der Waals surface area contributed by atoms with Gasteiger partial charge in [0.2, 0.25) is 0 Å². The Bertz CT molecular complexity index is 244. The van der Waals surface area contributed by atoms with E-state index in [1.165, 1.54) is 13.3 Å². The molecule has 0 aliphatic carbocycles. The normalized spacial score (nSPS) is 36.3. The van der Waals surface area contributed by atoms with E-state index in [9.17, 15) is 4.79 Å². The van der Waals surface area contributed by atoms with Gasteiger partial charge in [0.25, 0.3) is 0 Å². The number of carbonyl (C=O) groups excluding carboxylic acids is 1. The summed E-state index contributed by atoms with van der Waals surface area (Å²) < 4.78 is 10.8. The molecule has 0 radical (unpaired) electrons. The molecule has 86 valence electrons. The average molecular weight is 213 g/mol. The Labute approximate surface area is 90.5 Å². The van der Waals surface area contributed by atoms with Crippen molar-refractivity contribution in [1.29, 1.82) is 0 Å². The van der Waals surface area contributed by atoms with Crippen LogP contribution < -0.4 is 0 Å². The molecule has 0 aromatic carbocycles. The molecular weight excluding hydrogens is 194 g/mol. The Hall–Kier alpha value is -0.610. The Balaban J connectivity index is 2.02. The highest BCUT2D eigenvalue weighted by molar-refractivity contribution is 5.66. The molecule has 2 rings (SSSR count). The molecule has 15 heavy (non-hydrogen) atoms. The fraction of sp³-hybridized carbons (Fsp3) is 0.909. The van der Waals surface area contributed by atoms with Gasteiger partial charge in [-0.3, -0.25) is 9.69 Å². The molecule has 0 N–H and O–H groups in total. The Kier molecular flexibility index (Phi) is 3.26. The van der Waals surface area contributed by atoms with Crippen LogP contribution in [0.25, 0.3) is 0 Å². The number of carbonyl (C=O) groups is 1. The van der Waals surface area contributed by atoms with Gasteiger partial charge >= 0.3 is 5.97 Å². The number of hydrogen-bond donors (Lipinski definition) is 0. The van der Waals surface area contributed by atoms with Gasteiger partial charge in [-0.15, -0.1) is 0 Å². The van der Waals surface area contributed by atoms with Crippen LogP contribution in [0.5, 0.6) is 0 Å². The highest BCUT2D eigenvalue weighted by Gasteiger charge is 2.40. The highest BCUT2D eigenvalue weighted by atomic mass is 16.5. The molecule has 3 unspecified atom stereocenters. The largest absolute Gasteiger partial charge is 0.461 e. The third-order valence-electron chi connectivity index (χ3n) is 3.43. The summed E-state index contributed by atoms with van der Waals surface area (Å²) in [7, 11) is 1.73. The molecule has 0 saturated carbocycles. The predicted molar refractivity (Wildman–Crippen MR) is 55.6 cm³/mol. The van der Waals surface area contributed by atoms with Crippen molar-refractivity contribution in [2.24, 2.45) is 0 Å². The van der Waals surface area contributed by atoms with E-state index in [4.69, 9.17) is 9.47 Å². The number of methoxy groups -OCH3 is 1. The number of hydrogen-bond acceptors (Lipinski definition) is 4. The molecule has 2 fully saturated rings. The van der Waals surface area contributed by atoms with E-state index in [0.29, 0.717) is 6.04 Å². The molecule has 2 aliphatic rings. The Morgan fingerprint density at radius 3 is 2.93 bits per heavy atom. The smallest absolute Gasteiger partial charge is 0.302 e. The van der Waals surface area contributed by atoms with Gasteiger partial charge in [0.15, 0.2) is 0 Å². The summed E-state index contributed by atoms with van der Waals surface area (Å²) in [5, 5.41) is 0. The van der Waals surface area contributed by atoms with Crippen LogP contribution in [-0.4, -0.2) is 49.3 Å². The third kappa shape index (κ3) is 2.32. The lowest BCUT2D eigenvalue weighted by molar-refractivity contribution is -0.155. The van der Waals surface area contributed by atoms with Gasteiger partial charge in [-0.05, 0) is 19.4 Å². The lowest BCUT2D eigenvalue weighted by Crippen LogP contribution is -2.51. The summed E-state index contributed by atoms with van der Waals surface area (Å²) in [4.78, 5) is 13.4. The van der Waals surface area contributed by atoms with Crippen molar-refractivity contribution in [3.63, 3.8) is 0 Å². The maximum Gasteiger partial charge on any atom is 0.302 e. The lowest BCUT2D eigenvalue weighted by Gasteiger charge is -2.39. The molecule has 0 aromatic heterocycles. The Morgan fingerprint density at radius 1 is 1.47 bits per heavy atom. The minimum Gasteiger partial charge on any atom is -0.461 e. The predicted octanol–water partition coefficient (Wildman–Crippen LogP) is 0.801. The van der Waals surface area contributed by atoms with Crippen molar-refractivity contribution in [3.8, 4) is 0 Å². The summed E-state index contributed by atoms with van der Waals surface area (Å²) in [5.74, 6) is -0.177. The van der Waals surface area contributed by atoms with Gasteiger partial charge in [0.05, 0.1) is 6.10 Å². The first-order valence-electron chi connectivity index (χ1n) is 5.64. The topological polar surface area (TPSA) is 38.8 Å². The summed E-state index contributed by atoms with van der Waals surface area (Å²) in [6.45, 7) is 3.58. The standard InChI is InChI=1S/C11H19NO3/c1-8(13)15-11-6-9(14-2)7-12-5-3-4-10(11)12/h9-11H,3-7H2,1-2H3. The van der Waals surface area contributed by atoms with Crippen LogP contribution >= 0.6 is 0 Å². The van der Waals surface area contributed by atoms with E-state index < -0.39 is 0 Å². The number of fused-ring (bicyclic) bond motifs is 1. The number of piperidine rings is 1. The molecule has 4 nitrogen and oxygen atoms in total. The van der Waals surface area contributed by atoms with Crippen LogP contribution in [0, 0.1) is 0 Å². The molecule has 2 aliphatic heterocycles. The molecule has 0 bridgehead atoms. The Morgan fingerprint density at radius 2 is 2.27 bits per heavy atom. The van der Waals surface area contributed by atoms with E-state index in [-0.39, 0.29) is 18.2 Å². The third-order valence-corrected chi connectivity index (χ3v) is 3.43. The molecule has 4 heteroatoms. The van der Waals surface area contributed by atoms with Gasteiger partial charge in [-0.1, -0.05) is 0 Å². The maximum absolute atomic E-state index is 11.0. The average Bonchev–Trinajstić information content (AvgIpc) is 2.64. The lowest BCUT2D eigenvalue weighted by atomic mass is 9.97. The second kappa shape index (κ2) is 4.49. The fourth-order valence-electron chi connectivity index (χ4n) is 2.76. The van der Waals surface area contributed by atoms with Gasteiger partial charge in [0.1, 0.15) is 6.10 Å². The van der Waals surface area contributed by atoms with Crippen molar-refractivity contribution < 1.29 is 14.3 Å². The van der Waals surface area contributed by atoms with E-state index in [1.54, 1.807) is 7.11 Å². The first-order chi connectivity index (χ1) is 7.20. The van der Waals surface area contributed by atoms with Crippen LogP contribution in [0.1, 0.15) is 26.2 Å². The first kappa shape index (κ1) is 10.9. The zero-order valence-corrected chi connectivity index (χ0v) is 9.44. The second-order valence-corrected chi connectivity index (χ2v) is 4.45. The summed E-state index contributed by atoms with van der Waals surface area (Å²) in [6, 6.07) is 0.431. The van der Waals surface area contributed by atoms with E-state index in [1.807, 2.05) is 0 Å². The highest BCUT2D eigenvalue weighted by Crippen LogP contribution is 2.30. The number of ether oxygens (including phenoxy) is 2. The SMILES string of the molecule is COC1CC(OC(C)=O)C2CCCN2C1. The monoisotopic (exact) mass is 213 g/mol. The summed E-state index contributed by atoms with van der Waals surface area (Å²) >= 11 is 0. The zero-order chi connectivity index (χ0) is 10.8. The zero-order valence-electron chi connectivity index (χ0n) is 9.44. The molecule has 0 aromatic rings. The fourth-order valence-corrected chi connectivity index (χ4v) is 2.76. The first-order valence-corrected chi connectivity index (χ1v) is 5.64. The summed E-state index contributed by atoms with van der Waals surface area (Å²) in [5.41, 5.74) is 0. The van der Waals surface area contributed by atoms with Gasteiger partial charge in [0, 0.05) is 33.0 Å². The van der Waals surface area contributed by atoms with Crippen LogP contribution in [0.2, 0.25) is 0 Å². The van der Waals surface area contributed by atoms with E-state index >= 15 is 0 Å². The maximum atomic E-state index is 11.0. The van der Waals surface area contributed by atoms with Gasteiger partial charge < -0.3 is 9.47 Å². The van der Waals surface area contributed by atoms with E-state index in [0.717, 1.165) is 25.9 Å². The minimum atomic E-state index is -0.177. The van der Waals surface area contributed by atoms with E-state index in [2.05, 4.69) is 4.90 Å². The number of nitrogens with zero attached hydrogens (tertiary/aromatic N) is 1.